The summed E-state index contributed by atoms with van der Waals surface area (Å²) >= 11 is 1.05. The minimum Gasteiger partial charge on any atom is -0.497 e. The van der Waals surface area contributed by atoms with Crippen LogP contribution in [0.1, 0.15) is 11.1 Å². The third kappa shape index (κ3) is 4.56. The van der Waals surface area contributed by atoms with Crippen LogP contribution in [0.3, 0.4) is 0 Å². The number of anilines is 2. The maximum Gasteiger partial charge on any atom is 0.416 e. The van der Waals surface area contributed by atoms with Gasteiger partial charge in [0.25, 0.3) is 0 Å². The molecule has 10 heteroatoms. The molecule has 0 spiro atoms. The summed E-state index contributed by atoms with van der Waals surface area (Å²) < 4.78 is 82.8. The molecule has 0 unspecified atom stereocenters. The molecule has 0 aliphatic carbocycles. The van der Waals surface area contributed by atoms with Crippen molar-refractivity contribution in [1.82, 2.24) is 4.98 Å². The van der Waals surface area contributed by atoms with E-state index in [0.29, 0.717) is 29.1 Å². The first kappa shape index (κ1) is 20.0. The Bertz CT molecular complexity index is 948. The molecule has 0 bridgehead atoms. The molecule has 2 aromatic carbocycles. The van der Waals surface area contributed by atoms with E-state index in [2.05, 4.69) is 10.3 Å². The molecule has 0 amide bonds. The number of rotatable bonds is 4. The van der Waals surface area contributed by atoms with Gasteiger partial charge in [0, 0.05) is 16.6 Å². The zero-order chi connectivity index (χ0) is 20.5. The molecule has 1 heterocycles. The summed E-state index contributed by atoms with van der Waals surface area (Å²) in [6, 6.07) is 8.25. The van der Waals surface area contributed by atoms with Gasteiger partial charge in [-0.05, 0) is 30.3 Å². The molecule has 0 saturated heterocycles. The largest absolute Gasteiger partial charge is 0.497 e. The maximum absolute atomic E-state index is 13.0. The third-order valence-corrected chi connectivity index (χ3v) is 4.47. The van der Waals surface area contributed by atoms with Gasteiger partial charge in [-0.2, -0.15) is 26.3 Å². The van der Waals surface area contributed by atoms with Crippen LogP contribution in [0.25, 0.3) is 11.3 Å². The van der Waals surface area contributed by atoms with Gasteiger partial charge in [0.05, 0.1) is 23.9 Å². The quantitative estimate of drug-likeness (QED) is 0.485. The van der Waals surface area contributed by atoms with E-state index in [4.69, 9.17) is 4.74 Å². The molecule has 3 rings (SSSR count). The second-order valence-corrected chi connectivity index (χ2v) is 6.55. The average molecular weight is 418 g/mol. The van der Waals surface area contributed by atoms with Crippen molar-refractivity contribution in [2.45, 2.75) is 12.4 Å². The number of benzene rings is 2. The second kappa shape index (κ2) is 7.34. The Balaban J connectivity index is 1.92. The lowest BCUT2D eigenvalue weighted by Crippen LogP contribution is -2.11. The highest BCUT2D eigenvalue weighted by molar-refractivity contribution is 7.14. The summed E-state index contributed by atoms with van der Waals surface area (Å²) in [7, 11) is 1.50. The van der Waals surface area contributed by atoms with E-state index in [1.165, 1.54) is 7.11 Å². The van der Waals surface area contributed by atoms with Gasteiger partial charge < -0.3 is 10.1 Å². The number of ether oxygens (including phenoxy) is 1. The van der Waals surface area contributed by atoms with Crippen LogP contribution >= 0.6 is 11.3 Å². The van der Waals surface area contributed by atoms with E-state index in [0.717, 1.165) is 11.3 Å². The number of aromatic nitrogens is 1. The summed E-state index contributed by atoms with van der Waals surface area (Å²) in [6.45, 7) is 0. The molecule has 0 aliphatic heterocycles. The molecule has 3 aromatic rings. The van der Waals surface area contributed by atoms with Crippen LogP contribution in [0.5, 0.6) is 5.75 Å². The SMILES string of the molecule is COc1cccc(-c2csc(Nc3cc(C(F)(F)F)cc(C(F)(F)F)c3)n2)c1. The minimum atomic E-state index is -4.91. The highest BCUT2D eigenvalue weighted by Gasteiger charge is 2.37. The van der Waals surface area contributed by atoms with E-state index in [1.54, 1.807) is 29.6 Å². The number of alkyl halides is 6. The van der Waals surface area contributed by atoms with Crippen LogP contribution in [0.4, 0.5) is 37.2 Å². The fourth-order valence-corrected chi connectivity index (χ4v) is 3.14. The third-order valence-electron chi connectivity index (χ3n) is 3.71. The lowest BCUT2D eigenvalue weighted by Gasteiger charge is -2.14. The lowest BCUT2D eigenvalue weighted by molar-refractivity contribution is -0.143. The summed E-state index contributed by atoms with van der Waals surface area (Å²) in [4.78, 5) is 4.22. The van der Waals surface area contributed by atoms with Gasteiger partial charge in [-0.1, -0.05) is 12.1 Å². The molecule has 148 valence electrons. The van der Waals surface area contributed by atoms with Crippen LogP contribution in [0.15, 0.2) is 47.8 Å². The molecule has 28 heavy (non-hydrogen) atoms. The number of thiazole rings is 1. The van der Waals surface area contributed by atoms with Crippen molar-refractivity contribution in [2.75, 3.05) is 12.4 Å². The van der Waals surface area contributed by atoms with Gasteiger partial charge in [0.15, 0.2) is 5.13 Å². The normalized spacial score (nSPS) is 12.1. The Kier molecular flexibility index (Phi) is 5.24. The number of hydrogen-bond donors (Lipinski definition) is 1. The lowest BCUT2D eigenvalue weighted by atomic mass is 10.1. The summed E-state index contributed by atoms with van der Waals surface area (Å²) in [5.41, 5.74) is -1.93. The molecular weight excluding hydrogens is 406 g/mol. The van der Waals surface area contributed by atoms with Crippen LogP contribution in [-0.4, -0.2) is 12.1 Å². The van der Waals surface area contributed by atoms with E-state index < -0.39 is 23.5 Å². The second-order valence-electron chi connectivity index (χ2n) is 5.69. The first-order valence-electron chi connectivity index (χ1n) is 7.73. The highest BCUT2D eigenvalue weighted by Crippen LogP contribution is 2.38. The molecule has 0 aliphatic rings. The van der Waals surface area contributed by atoms with E-state index in [-0.39, 0.29) is 16.9 Å². The number of nitrogens with zero attached hydrogens (tertiary/aromatic N) is 1. The Labute approximate surface area is 159 Å². The molecule has 0 radical (unpaired) electrons. The fraction of sp³-hybridized carbons (Fsp3) is 0.167. The van der Waals surface area contributed by atoms with Gasteiger partial charge in [0.1, 0.15) is 5.75 Å². The predicted molar refractivity (Wildman–Crippen MR) is 93.8 cm³/mol. The Morgan fingerprint density at radius 1 is 0.929 bits per heavy atom. The number of hydrogen-bond acceptors (Lipinski definition) is 4. The van der Waals surface area contributed by atoms with Gasteiger partial charge in [-0.15, -0.1) is 11.3 Å². The molecule has 0 saturated carbocycles. The summed E-state index contributed by atoms with van der Waals surface area (Å²) in [6.07, 6.45) is -9.82. The van der Waals surface area contributed by atoms with Crippen LogP contribution in [0, 0.1) is 0 Å². The molecule has 3 nitrogen and oxygen atoms in total. The van der Waals surface area contributed by atoms with Crippen molar-refractivity contribution >= 4 is 22.2 Å². The first-order chi connectivity index (χ1) is 13.1. The molecule has 0 fully saturated rings. The Hall–Kier alpha value is -2.75. The van der Waals surface area contributed by atoms with E-state index in [1.807, 2.05) is 0 Å². The first-order valence-corrected chi connectivity index (χ1v) is 8.61. The molecular formula is C18H12F6N2OS. The van der Waals surface area contributed by atoms with E-state index >= 15 is 0 Å². The number of nitrogens with one attached hydrogen (secondary N) is 1. The minimum absolute atomic E-state index is 0.0781. The fourth-order valence-electron chi connectivity index (χ4n) is 2.40. The number of methoxy groups -OCH3 is 1. The topological polar surface area (TPSA) is 34.1 Å². The standard InChI is InChI=1S/C18H12F6N2OS/c1-27-14-4-2-3-10(5-14)15-9-28-16(26-15)25-13-7-11(17(19,20)21)6-12(8-13)18(22,23)24/h2-9H,1H3,(H,25,26). The zero-order valence-electron chi connectivity index (χ0n) is 14.2. The van der Waals surface area contributed by atoms with Gasteiger partial charge in [-0.3, -0.25) is 0 Å². The van der Waals surface area contributed by atoms with Crippen molar-refractivity contribution < 1.29 is 31.1 Å². The smallest absolute Gasteiger partial charge is 0.416 e. The predicted octanol–water partition coefficient (Wildman–Crippen LogP) is 6.60. The van der Waals surface area contributed by atoms with Crippen molar-refractivity contribution in [3.63, 3.8) is 0 Å². The zero-order valence-corrected chi connectivity index (χ0v) is 15.0. The monoisotopic (exact) mass is 418 g/mol. The van der Waals surface area contributed by atoms with Crippen LogP contribution in [0.2, 0.25) is 0 Å². The maximum atomic E-state index is 13.0. The average Bonchev–Trinajstić information content (AvgIpc) is 3.08. The molecule has 0 atom stereocenters. The van der Waals surface area contributed by atoms with Gasteiger partial charge in [-0.25, -0.2) is 4.98 Å². The van der Waals surface area contributed by atoms with Crippen LogP contribution < -0.4 is 10.1 Å². The highest BCUT2D eigenvalue weighted by atomic mass is 32.1. The van der Waals surface area contributed by atoms with Crippen molar-refractivity contribution in [1.29, 1.82) is 0 Å². The van der Waals surface area contributed by atoms with E-state index in [9.17, 15) is 26.3 Å². The number of halogens is 6. The Morgan fingerprint density at radius 2 is 1.57 bits per heavy atom. The van der Waals surface area contributed by atoms with Crippen molar-refractivity contribution in [3.05, 3.63) is 59.0 Å². The Morgan fingerprint density at radius 3 is 2.14 bits per heavy atom. The summed E-state index contributed by atoms with van der Waals surface area (Å²) in [5, 5.41) is 4.32. The van der Waals surface area contributed by atoms with Gasteiger partial charge in [0.2, 0.25) is 0 Å². The van der Waals surface area contributed by atoms with Gasteiger partial charge >= 0.3 is 12.4 Å². The molecule has 1 N–H and O–H groups in total. The van der Waals surface area contributed by atoms with Crippen molar-refractivity contribution in [2.24, 2.45) is 0 Å². The van der Waals surface area contributed by atoms with Crippen molar-refractivity contribution in [3.8, 4) is 17.0 Å². The van der Waals surface area contributed by atoms with Crippen LogP contribution in [-0.2, 0) is 12.4 Å². The molecule has 1 aromatic heterocycles. The summed E-state index contributed by atoms with van der Waals surface area (Å²) in [5.74, 6) is 0.590.